The second kappa shape index (κ2) is 5.41. The summed E-state index contributed by atoms with van der Waals surface area (Å²) >= 11 is 0. The molecule has 0 fully saturated rings. The van der Waals surface area contributed by atoms with Crippen LogP contribution in [0.3, 0.4) is 0 Å². The van der Waals surface area contributed by atoms with Crippen molar-refractivity contribution in [2.24, 2.45) is 5.73 Å². The number of pyridine rings is 1. The molecule has 1 aromatic heterocycles. The number of hydrogen-bond acceptors (Lipinski definition) is 3. The second-order valence-electron chi connectivity index (χ2n) is 4.89. The molecule has 0 saturated heterocycles. The summed E-state index contributed by atoms with van der Waals surface area (Å²) in [6.07, 6.45) is 6.54. The van der Waals surface area contributed by atoms with E-state index in [1.54, 1.807) is 6.20 Å². The van der Waals surface area contributed by atoms with E-state index in [1.807, 2.05) is 18.2 Å². The highest BCUT2D eigenvalue weighted by Gasteiger charge is 2.14. The lowest BCUT2D eigenvalue weighted by atomic mass is 9.91. The summed E-state index contributed by atoms with van der Waals surface area (Å²) in [5.41, 5.74) is 9.20. The van der Waals surface area contributed by atoms with Gasteiger partial charge in [0.2, 0.25) is 0 Å². The Kier molecular flexibility index (Phi) is 3.47. The molecule has 1 aliphatic rings. The maximum Gasteiger partial charge on any atom is 0.145 e. The molecule has 0 aliphatic heterocycles. The molecule has 0 bridgehead atoms. The van der Waals surface area contributed by atoms with Crippen molar-refractivity contribution in [2.45, 2.75) is 32.2 Å². The van der Waals surface area contributed by atoms with Gasteiger partial charge in [-0.05, 0) is 55.0 Å². The van der Waals surface area contributed by atoms with Gasteiger partial charge in [-0.25, -0.2) is 0 Å². The minimum atomic E-state index is 0.459. The largest absolute Gasteiger partial charge is 0.455 e. The first kappa shape index (κ1) is 12.2. The maximum atomic E-state index is 5.97. The van der Waals surface area contributed by atoms with Crippen LogP contribution in [0.4, 0.5) is 0 Å². The number of nitrogens with two attached hydrogens (primary N) is 1. The van der Waals surface area contributed by atoms with Gasteiger partial charge >= 0.3 is 0 Å². The molecule has 0 spiro atoms. The molecule has 2 aromatic rings. The van der Waals surface area contributed by atoms with Gasteiger partial charge in [0, 0.05) is 6.54 Å². The highest BCUT2D eigenvalue weighted by atomic mass is 16.5. The Labute approximate surface area is 113 Å². The van der Waals surface area contributed by atoms with E-state index in [-0.39, 0.29) is 0 Å². The number of fused-ring (bicyclic) bond motifs is 1. The molecule has 0 amide bonds. The molecular formula is C16H18N2O. The maximum absolute atomic E-state index is 5.97. The molecule has 1 aliphatic carbocycles. The zero-order valence-corrected chi connectivity index (χ0v) is 10.9. The normalized spacial score (nSPS) is 13.9. The van der Waals surface area contributed by atoms with Crippen LogP contribution in [-0.2, 0) is 19.4 Å². The Morgan fingerprint density at radius 2 is 2.00 bits per heavy atom. The van der Waals surface area contributed by atoms with Gasteiger partial charge in [-0.2, -0.15) is 0 Å². The van der Waals surface area contributed by atoms with E-state index in [2.05, 4.69) is 17.1 Å². The summed E-state index contributed by atoms with van der Waals surface area (Å²) in [5.74, 6) is 1.75. The number of benzene rings is 1. The van der Waals surface area contributed by atoms with Gasteiger partial charge in [-0.3, -0.25) is 4.98 Å². The predicted octanol–water partition coefficient (Wildman–Crippen LogP) is 3.21. The molecule has 98 valence electrons. The molecule has 3 nitrogen and oxygen atoms in total. The van der Waals surface area contributed by atoms with Gasteiger partial charge in [-0.1, -0.05) is 12.1 Å². The minimum absolute atomic E-state index is 0.459. The van der Waals surface area contributed by atoms with Crippen LogP contribution in [0.5, 0.6) is 11.5 Å². The number of rotatable bonds is 3. The van der Waals surface area contributed by atoms with E-state index in [0.29, 0.717) is 6.54 Å². The van der Waals surface area contributed by atoms with Crippen molar-refractivity contribution >= 4 is 0 Å². The number of hydrogen-bond donors (Lipinski definition) is 1. The monoisotopic (exact) mass is 254 g/mol. The van der Waals surface area contributed by atoms with Crippen LogP contribution in [0, 0.1) is 0 Å². The fourth-order valence-corrected chi connectivity index (χ4v) is 2.56. The van der Waals surface area contributed by atoms with Crippen molar-refractivity contribution in [3.05, 3.63) is 53.3 Å². The molecule has 2 N–H and O–H groups in total. The lowest BCUT2D eigenvalue weighted by Crippen LogP contribution is -2.04. The van der Waals surface area contributed by atoms with Gasteiger partial charge < -0.3 is 10.5 Å². The Hall–Kier alpha value is -1.87. The van der Waals surface area contributed by atoms with Crippen molar-refractivity contribution in [3.8, 4) is 11.5 Å². The summed E-state index contributed by atoms with van der Waals surface area (Å²) in [7, 11) is 0. The number of aromatic nitrogens is 1. The third kappa shape index (κ3) is 2.61. The van der Waals surface area contributed by atoms with Crippen molar-refractivity contribution in [1.82, 2.24) is 4.98 Å². The molecule has 1 aromatic carbocycles. The van der Waals surface area contributed by atoms with Crippen molar-refractivity contribution < 1.29 is 4.74 Å². The van der Waals surface area contributed by atoms with Crippen LogP contribution in [0.25, 0.3) is 0 Å². The smallest absolute Gasteiger partial charge is 0.145 e. The average molecular weight is 254 g/mol. The molecule has 3 rings (SSSR count). The highest BCUT2D eigenvalue weighted by Crippen LogP contribution is 2.32. The van der Waals surface area contributed by atoms with E-state index < -0.39 is 0 Å². The average Bonchev–Trinajstić information content (AvgIpc) is 2.48. The molecule has 0 radical (unpaired) electrons. The SMILES string of the molecule is NCc1ccc(Oc2cccc3c2CCCC3)cn1. The summed E-state index contributed by atoms with van der Waals surface area (Å²) < 4.78 is 5.97. The fraction of sp³-hybridized carbons (Fsp3) is 0.312. The predicted molar refractivity (Wildman–Crippen MR) is 75.3 cm³/mol. The number of ether oxygens (including phenoxy) is 1. The molecule has 19 heavy (non-hydrogen) atoms. The number of nitrogens with zero attached hydrogens (tertiary/aromatic N) is 1. The van der Waals surface area contributed by atoms with Crippen molar-refractivity contribution in [3.63, 3.8) is 0 Å². The fourth-order valence-electron chi connectivity index (χ4n) is 2.56. The Morgan fingerprint density at radius 1 is 1.11 bits per heavy atom. The lowest BCUT2D eigenvalue weighted by Gasteiger charge is -2.19. The van der Waals surface area contributed by atoms with Gasteiger partial charge in [0.25, 0.3) is 0 Å². The second-order valence-corrected chi connectivity index (χ2v) is 4.89. The van der Waals surface area contributed by atoms with Gasteiger partial charge in [0.15, 0.2) is 0 Å². The third-order valence-electron chi connectivity index (χ3n) is 3.59. The molecule has 0 unspecified atom stereocenters. The van der Waals surface area contributed by atoms with Crippen LogP contribution in [0.2, 0.25) is 0 Å². The molecular weight excluding hydrogens is 236 g/mol. The lowest BCUT2D eigenvalue weighted by molar-refractivity contribution is 0.467. The zero-order chi connectivity index (χ0) is 13.1. The highest BCUT2D eigenvalue weighted by molar-refractivity contribution is 5.43. The Balaban J connectivity index is 1.86. The van der Waals surface area contributed by atoms with E-state index >= 15 is 0 Å². The van der Waals surface area contributed by atoms with E-state index in [0.717, 1.165) is 30.0 Å². The summed E-state index contributed by atoms with van der Waals surface area (Å²) in [6.45, 7) is 0.459. The van der Waals surface area contributed by atoms with E-state index in [1.165, 1.54) is 24.0 Å². The molecule has 0 atom stereocenters. The van der Waals surface area contributed by atoms with Gasteiger partial charge in [-0.15, -0.1) is 0 Å². The van der Waals surface area contributed by atoms with E-state index in [9.17, 15) is 0 Å². The van der Waals surface area contributed by atoms with Crippen LogP contribution in [0.15, 0.2) is 36.5 Å². The minimum Gasteiger partial charge on any atom is -0.455 e. The topological polar surface area (TPSA) is 48.1 Å². The number of aryl methyl sites for hydroxylation is 1. The molecule has 3 heteroatoms. The van der Waals surface area contributed by atoms with Crippen molar-refractivity contribution in [1.29, 1.82) is 0 Å². The Morgan fingerprint density at radius 3 is 2.79 bits per heavy atom. The summed E-state index contributed by atoms with van der Waals surface area (Å²) in [4.78, 5) is 4.26. The first-order chi connectivity index (χ1) is 9.36. The van der Waals surface area contributed by atoms with Crippen LogP contribution in [-0.4, -0.2) is 4.98 Å². The Bertz CT molecular complexity index is 563. The van der Waals surface area contributed by atoms with Crippen LogP contribution >= 0.6 is 0 Å². The van der Waals surface area contributed by atoms with E-state index in [4.69, 9.17) is 10.5 Å². The first-order valence-corrected chi connectivity index (χ1v) is 6.80. The van der Waals surface area contributed by atoms with Gasteiger partial charge in [0.1, 0.15) is 11.5 Å². The van der Waals surface area contributed by atoms with Crippen LogP contribution in [0.1, 0.15) is 29.7 Å². The zero-order valence-electron chi connectivity index (χ0n) is 10.9. The third-order valence-corrected chi connectivity index (χ3v) is 3.59. The van der Waals surface area contributed by atoms with Crippen molar-refractivity contribution in [2.75, 3.05) is 0 Å². The molecule has 1 heterocycles. The van der Waals surface area contributed by atoms with Gasteiger partial charge in [0.05, 0.1) is 11.9 Å². The standard InChI is InChI=1S/C16H18N2O/c17-10-13-8-9-14(11-18-13)19-16-7-3-5-12-4-1-2-6-15(12)16/h3,5,7-9,11H,1-2,4,6,10,17H2. The quantitative estimate of drug-likeness (QED) is 0.915. The summed E-state index contributed by atoms with van der Waals surface area (Å²) in [5, 5.41) is 0. The molecule has 0 saturated carbocycles. The first-order valence-electron chi connectivity index (χ1n) is 6.80. The van der Waals surface area contributed by atoms with Crippen LogP contribution < -0.4 is 10.5 Å². The summed E-state index contributed by atoms with van der Waals surface area (Å²) in [6, 6.07) is 10.2.